The first-order valence-electron chi connectivity index (χ1n) is 10.2. The monoisotopic (exact) mass is 531 g/mol. The van der Waals surface area contributed by atoms with E-state index in [1.54, 1.807) is 55.5 Å². The van der Waals surface area contributed by atoms with Gasteiger partial charge in [-0.1, -0.05) is 46.2 Å². The molecular formula is C24H23BrClN3O4. The largest absolute Gasteiger partial charge is 0.465 e. The maximum atomic E-state index is 13.3. The van der Waals surface area contributed by atoms with Gasteiger partial charge >= 0.3 is 5.97 Å². The summed E-state index contributed by atoms with van der Waals surface area (Å²) in [7, 11) is 0. The highest BCUT2D eigenvalue weighted by atomic mass is 79.9. The van der Waals surface area contributed by atoms with E-state index in [2.05, 4.69) is 32.9 Å². The summed E-state index contributed by atoms with van der Waals surface area (Å²) in [5.74, 6) is -1.59. The van der Waals surface area contributed by atoms with Crippen LogP contribution in [0.5, 0.6) is 0 Å². The van der Waals surface area contributed by atoms with Crippen molar-refractivity contribution >= 4 is 56.6 Å². The zero-order chi connectivity index (χ0) is 24.2. The first-order valence-corrected chi connectivity index (χ1v) is 11.4. The second-order valence-corrected chi connectivity index (χ2v) is 8.92. The number of ether oxygens (including phenoxy) is 1. The molecule has 1 atom stereocenters. The molecule has 33 heavy (non-hydrogen) atoms. The molecule has 0 saturated carbocycles. The van der Waals surface area contributed by atoms with E-state index in [9.17, 15) is 14.4 Å². The zero-order valence-electron chi connectivity index (χ0n) is 18.2. The van der Waals surface area contributed by atoms with Crippen molar-refractivity contribution in [2.75, 3.05) is 25.0 Å². The van der Waals surface area contributed by atoms with Crippen molar-refractivity contribution in [2.45, 2.75) is 13.8 Å². The van der Waals surface area contributed by atoms with E-state index in [0.29, 0.717) is 16.3 Å². The number of rotatable bonds is 8. The van der Waals surface area contributed by atoms with Gasteiger partial charge in [0.1, 0.15) is 6.54 Å². The summed E-state index contributed by atoms with van der Waals surface area (Å²) in [6.07, 6.45) is 0. The van der Waals surface area contributed by atoms with Gasteiger partial charge in [-0.25, -0.2) is 0 Å². The molecule has 9 heteroatoms. The van der Waals surface area contributed by atoms with Crippen LogP contribution >= 0.6 is 27.5 Å². The van der Waals surface area contributed by atoms with Crippen LogP contribution in [0, 0.1) is 5.41 Å². The molecule has 0 bridgehead atoms. The average molecular weight is 533 g/mol. The van der Waals surface area contributed by atoms with Crippen LogP contribution in [0.3, 0.4) is 0 Å². The summed E-state index contributed by atoms with van der Waals surface area (Å²) in [5, 5.41) is 9.20. The zero-order valence-corrected chi connectivity index (χ0v) is 20.6. The summed E-state index contributed by atoms with van der Waals surface area (Å²) in [4.78, 5) is 39.2. The first-order chi connectivity index (χ1) is 15.7. The smallest absolute Gasteiger partial charge is 0.328 e. The van der Waals surface area contributed by atoms with Gasteiger partial charge in [-0.3, -0.25) is 19.4 Å². The second-order valence-electron chi connectivity index (χ2n) is 7.57. The van der Waals surface area contributed by atoms with Gasteiger partial charge in [0.2, 0.25) is 5.91 Å². The van der Waals surface area contributed by atoms with Crippen LogP contribution in [-0.2, 0) is 19.1 Å². The molecule has 1 heterocycles. The number of benzene rings is 2. The van der Waals surface area contributed by atoms with Gasteiger partial charge in [0.05, 0.1) is 18.9 Å². The maximum absolute atomic E-state index is 13.3. The molecule has 1 aliphatic rings. The minimum absolute atomic E-state index is 0.0853. The van der Waals surface area contributed by atoms with Crippen LogP contribution in [0.4, 0.5) is 5.69 Å². The number of halogens is 2. The number of nitrogens with zero attached hydrogens (tertiary/aromatic N) is 2. The Labute approximate surface area is 205 Å². The predicted molar refractivity (Wildman–Crippen MR) is 131 cm³/mol. The molecule has 3 rings (SSSR count). The highest BCUT2D eigenvalue weighted by Gasteiger charge is 2.57. The number of anilines is 1. The molecular weight excluding hydrogens is 510 g/mol. The van der Waals surface area contributed by atoms with Crippen molar-refractivity contribution in [3.05, 3.63) is 75.7 Å². The van der Waals surface area contributed by atoms with Gasteiger partial charge in [0.25, 0.3) is 0 Å². The van der Waals surface area contributed by atoms with Crippen molar-refractivity contribution in [2.24, 2.45) is 10.5 Å². The number of hydrazone groups is 1. The second kappa shape index (κ2) is 10.3. The Hall–Kier alpha value is -2.97. The SMILES string of the molecule is C=C(C)C(=O)C1(C(=O)OCC)CN(CC(=O)Nc2ccc(Br)cc2)N=C1c1ccc(Cl)cc1. The quantitative estimate of drug-likeness (QED) is 0.308. The molecule has 1 aliphatic heterocycles. The van der Waals surface area contributed by atoms with E-state index in [-0.39, 0.29) is 36.9 Å². The van der Waals surface area contributed by atoms with Crippen LogP contribution in [0.1, 0.15) is 19.4 Å². The topological polar surface area (TPSA) is 88.1 Å². The fourth-order valence-electron chi connectivity index (χ4n) is 3.57. The van der Waals surface area contributed by atoms with E-state index in [1.807, 2.05) is 0 Å². The van der Waals surface area contributed by atoms with Crippen LogP contribution < -0.4 is 5.32 Å². The third-order valence-electron chi connectivity index (χ3n) is 5.04. The van der Waals surface area contributed by atoms with Gasteiger partial charge in [0, 0.05) is 15.2 Å². The maximum Gasteiger partial charge on any atom is 0.328 e. The average Bonchev–Trinajstić information content (AvgIpc) is 3.15. The van der Waals surface area contributed by atoms with Gasteiger partial charge in [-0.2, -0.15) is 5.10 Å². The number of esters is 1. The Bertz CT molecular complexity index is 1120. The number of hydrogen-bond acceptors (Lipinski definition) is 6. The molecule has 7 nitrogen and oxygen atoms in total. The number of hydrogen-bond donors (Lipinski definition) is 1. The van der Waals surface area contributed by atoms with E-state index >= 15 is 0 Å². The number of carbonyl (C=O) groups is 3. The molecule has 172 valence electrons. The highest BCUT2D eigenvalue weighted by molar-refractivity contribution is 9.10. The van der Waals surface area contributed by atoms with Crippen molar-refractivity contribution in [1.29, 1.82) is 0 Å². The Morgan fingerprint density at radius 2 is 1.82 bits per heavy atom. The molecule has 0 aromatic heterocycles. The fraction of sp³-hybridized carbons (Fsp3) is 0.250. The molecule has 0 aliphatic carbocycles. The molecule has 0 saturated heterocycles. The van der Waals surface area contributed by atoms with Crippen molar-refractivity contribution < 1.29 is 19.1 Å². The lowest BCUT2D eigenvalue weighted by molar-refractivity contribution is -0.154. The fourth-order valence-corrected chi connectivity index (χ4v) is 3.96. The van der Waals surface area contributed by atoms with Gasteiger partial charge in [0.15, 0.2) is 11.2 Å². The third-order valence-corrected chi connectivity index (χ3v) is 5.82. The first kappa shape index (κ1) is 24.7. The molecule has 0 radical (unpaired) electrons. The molecule has 2 aromatic rings. The van der Waals surface area contributed by atoms with Gasteiger partial charge < -0.3 is 10.1 Å². The Morgan fingerprint density at radius 1 is 1.18 bits per heavy atom. The third kappa shape index (κ3) is 5.34. The number of nitrogens with one attached hydrogen (secondary N) is 1. The number of amides is 1. The summed E-state index contributed by atoms with van der Waals surface area (Å²) in [5.41, 5.74) is -0.224. The van der Waals surface area contributed by atoms with E-state index in [0.717, 1.165) is 4.47 Å². The molecule has 1 unspecified atom stereocenters. The number of ketones is 1. The summed E-state index contributed by atoms with van der Waals surface area (Å²) in [6, 6.07) is 13.7. The number of allylic oxidation sites excluding steroid dienone is 1. The normalized spacial score (nSPS) is 17.3. The number of carbonyl (C=O) groups excluding carboxylic acids is 3. The summed E-state index contributed by atoms with van der Waals surface area (Å²) in [6.45, 7) is 6.70. The van der Waals surface area contributed by atoms with E-state index in [4.69, 9.17) is 16.3 Å². The van der Waals surface area contributed by atoms with Crippen molar-refractivity contribution in [3.8, 4) is 0 Å². The lowest BCUT2D eigenvalue weighted by Gasteiger charge is -2.27. The lowest BCUT2D eigenvalue weighted by atomic mass is 9.74. The van der Waals surface area contributed by atoms with Crippen LogP contribution in [0.15, 0.2) is 70.3 Å². The van der Waals surface area contributed by atoms with Crippen LogP contribution in [0.25, 0.3) is 0 Å². The number of Topliss-reactive ketones (excluding diaryl/α,β-unsaturated/α-hetero) is 1. The van der Waals surface area contributed by atoms with E-state index < -0.39 is 17.2 Å². The lowest BCUT2D eigenvalue weighted by Crippen LogP contribution is -2.50. The molecule has 0 fully saturated rings. The van der Waals surface area contributed by atoms with Gasteiger partial charge in [-0.15, -0.1) is 0 Å². The predicted octanol–water partition coefficient (Wildman–Crippen LogP) is 4.46. The summed E-state index contributed by atoms with van der Waals surface area (Å²) >= 11 is 9.37. The summed E-state index contributed by atoms with van der Waals surface area (Å²) < 4.78 is 6.18. The van der Waals surface area contributed by atoms with Crippen molar-refractivity contribution in [1.82, 2.24) is 5.01 Å². The minimum atomic E-state index is -1.74. The molecule has 1 amide bonds. The Kier molecular flexibility index (Phi) is 7.71. The highest BCUT2D eigenvalue weighted by Crippen LogP contribution is 2.36. The Morgan fingerprint density at radius 3 is 2.39 bits per heavy atom. The molecule has 2 aromatic carbocycles. The standard InChI is InChI=1S/C24H23BrClN3O4/c1-4-33-23(32)24(22(31)15(2)3)14-29(28-21(24)16-5-9-18(26)10-6-16)13-20(30)27-19-11-7-17(25)8-12-19/h5-12H,2,4,13-14H2,1,3H3,(H,27,30). The Balaban J connectivity index is 1.97. The molecule has 1 N–H and O–H groups in total. The van der Waals surface area contributed by atoms with Gasteiger partial charge in [-0.05, 0) is 61.4 Å². The molecule has 0 spiro atoms. The van der Waals surface area contributed by atoms with Crippen LogP contribution in [0.2, 0.25) is 5.02 Å². The minimum Gasteiger partial charge on any atom is -0.465 e. The van der Waals surface area contributed by atoms with E-state index in [1.165, 1.54) is 11.9 Å². The van der Waals surface area contributed by atoms with Crippen LogP contribution in [-0.4, -0.2) is 48.1 Å². The van der Waals surface area contributed by atoms with Crippen molar-refractivity contribution in [3.63, 3.8) is 0 Å².